The lowest BCUT2D eigenvalue weighted by Gasteiger charge is -2.01. The van der Waals surface area contributed by atoms with E-state index in [1.807, 2.05) is 24.3 Å². The fourth-order valence-corrected chi connectivity index (χ4v) is 4.48. The number of aryl methyl sites for hydroxylation is 1. The third-order valence-corrected chi connectivity index (χ3v) is 6.40. The zero-order valence-electron chi connectivity index (χ0n) is 12.6. The van der Waals surface area contributed by atoms with Gasteiger partial charge in [0.15, 0.2) is 14.6 Å². The van der Waals surface area contributed by atoms with E-state index in [-0.39, 0.29) is 4.90 Å². The average molecular weight is 381 g/mol. The number of hydrogen-bond acceptors (Lipinski definition) is 4. The van der Waals surface area contributed by atoms with Gasteiger partial charge in [0.05, 0.1) is 15.1 Å². The van der Waals surface area contributed by atoms with E-state index in [1.54, 1.807) is 11.6 Å². The highest BCUT2D eigenvalue weighted by Crippen LogP contribution is 2.17. The summed E-state index contributed by atoms with van der Waals surface area (Å²) < 4.78 is 27.3. The Labute approximate surface area is 147 Å². The molecule has 8 heteroatoms. The Hall–Kier alpha value is -1.96. The summed E-state index contributed by atoms with van der Waals surface area (Å²) in [7, 11) is -1.96. The van der Waals surface area contributed by atoms with Gasteiger partial charge in [-0.2, -0.15) is 4.99 Å². The molecular weight excluding hydrogens is 368 g/mol. The number of sulfone groups is 1. The van der Waals surface area contributed by atoms with Gasteiger partial charge in [0.25, 0.3) is 5.91 Å². The Bertz CT molecular complexity index is 1080. The number of fused-ring (bicyclic) bond motifs is 1. The standard InChI is InChI=1S/C16H13ClN2O3S2/c1-19-13-4-2-3-5-14(13)23-16(19)18-15(20)10-24(21,22)12-8-6-11(17)7-9-12/h2-9H,10H2,1H3. The van der Waals surface area contributed by atoms with Crippen molar-refractivity contribution < 1.29 is 13.2 Å². The first kappa shape index (κ1) is 16.9. The molecule has 0 aliphatic heterocycles. The number of rotatable bonds is 3. The normalized spacial score (nSPS) is 12.7. The molecule has 2 aromatic carbocycles. The number of amides is 1. The Morgan fingerprint density at radius 2 is 1.83 bits per heavy atom. The van der Waals surface area contributed by atoms with E-state index in [0.717, 1.165) is 10.2 Å². The summed E-state index contributed by atoms with van der Waals surface area (Å²) in [6.45, 7) is 0. The maximum Gasteiger partial charge on any atom is 0.263 e. The van der Waals surface area contributed by atoms with Crippen molar-refractivity contribution in [2.45, 2.75) is 4.90 Å². The van der Waals surface area contributed by atoms with Crippen LogP contribution in [-0.2, 0) is 21.7 Å². The molecule has 0 aliphatic rings. The van der Waals surface area contributed by atoms with Crippen molar-refractivity contribution in [3.05, 3.63) is 58.4 Å². The zero-order valence-corrected chi connectivity index (χ0v) is 15.0. The van der Waals surface area contributed by atoms with Crippen LogP contribution in [0.15, 0.2) is 58.4 Å². The van der Waals surface area contributed by atoms with Crippen LogP contribution in [0.5, 0.6) is 0 Å². The molecule has 0 atom stereocenters. The average Bonchev–Trinajstić information content (AvgIpc) is 2.84. The van der Waals surface area contributed by atoms with Gasteiger partial charge >= 0.3 is 0 Å². The molecule has 0 spiro atoms. The molecule has 1 heterocycles. The monoisotopic (exact) mass is 380 g/mol. The molecule has 24 heavy (non-hydrogen) atoms. The molecular formula is C16H13ClN2O3S2. The summed E-state index contributed by atoms with van der Waals surface area (Å²) >= 11 is 7.09. The second-order valence-electron chi connectivity index (χ2n) is 5.13. The fraction of sp³-hybridized carbons (Fsp3) is 0.125. The Balaban J connectivity index is 1.91. The molecule has 3 rings (SSSR count). The van der Waals surface area contributed by atoms with Crippen LogP contribution in [-0.4, -0.2) is 24.6 Å². The van der Waals surface area contributed by atoms with Crippen molar-refractivity contribution in [2.75, 3.05) is 5.75 Å². The lowest BCUT2D eigenvalue weighted by molar-refractivity contribution is -0.115. The molecule has 0 unspecified atom stereocenters. The Morgan fingerprint density at radius 1 is 1.17 bits per heavy atom. The van der Waals surface area contributed by atoms with E-state index in [4.69, 9.17) is 11.6 Å². The van der Waals surface area contributed by atoms with Crippen molar-refractivity contribution in [1.29, 1.82) is 0 Å². The summed E-state index contributed by atoms with van der Waals surface area (Å²) in [5, 5.41) is 0.433. The van der Waals surface area contributed by atoms with Crippen LogP contribution in [0.1, 0.15) is 0 Å². The lowest BCUT2D eigenvalue weighted by Crippen LogP contribution is -2.19. The Kier molecular flexibility index (Phi) is 4.58. The molecule has 0 saturated carbocycles. The highest BCUT2D eigenvalue weighted by molar-refractivity contribution is 7.92. The highest BCUT2D eigenvalue weighted by Gasteiger charge is 2.19. The minimum absolute atomic E-state index is 0.0520. The zero-order chi connectivity index (χ0) is 17.3. The van der Waals surface area contributed by atoms with E-state index in [0.29, 0.717) is 9.82 Å². The first-order valence-electron chi connectivity index (χ1n) is 6.97. The predicted molar refractivity (Wildman–Crippen MR) is 94.9 cm³/mol. The summed E-state index contributed by atoms with van der Waals surface area (Å²) in [6, 6.07) is 13.3. The second kappa shape index (κ2) is 6.51. The highest BCUT2D eigenvalue weighted by atomic mass is 35.5. The summed E-state index contributed by atoms with van der Waals surface area (Å²) in [5.74, 6) is -1.38. The minimum atomic E-state index is -3.75. The van der Waals surface area contributed by atoms with Crippen LogP contribution in [0.4, 0.5) is 0 Å². The predicted octanol–water partition coefficient (Wildman–Crippen LogP) is 2.79. The van der Waals surface area contributed by atoms with Gasteiger partial charge in [-0.25, -0.2) is 8.42 Å². The summed E-state index contributed by atoms with van der Waals surface area (Å²) in [6.07, 6.45) is 0. The van der Waals surface area contributed by atoms with Crippen LogP contribution >= 0.6 is 22.9 Å². The number of para-hydroxylation sites is 1. The molecule has 3 aromatic rings. The maximum absolute atomic E-state index is 12.3. The quantitative estimate of drug-likeness (QED) is 0.701. The van der Waals surface area contributed by atoms with Gasteiger partial charge in [0.1, 0.15) is 5.75 Å². The van der Waals surface area contributed by atoms with Crippen LogP contribution < -0.4 is 4.80 Å². The van der Waals surface area contributed by atoms with Crippen molar-refractivity contribution in [3.63, 3.8) is 0 Å². The Morgan fingerprint density at radius 3 is 2.50 bits per heavy atom. The van der Waals surface area contributed by atoms with Crippen LogP contribution in [0.3, 0.4) is 0 Å². The van der Waals surface area contributed by atoms with Gasteiger partial charge in [-0.3, -0.25) is 4.79 Å². The summed E-state index contributed by atoms with van der Waals surface area (Å²) in [5.41, 5.74) is 0.939. The molecule has 0 bridgehead atoms. The van der Waals surface area contributed by atoms with E-state index < -0.39 is 21.5 Å². The van der Waals surface area contributed by atoms with Crippen LogP contribution in [0.2, 0.25) is 5.02 Å². The van der Waals surface area contributed by atoms with Gasteiger partial charge in [-0.05, 0) is 36.4 Å². The molecule has 124 valence electrons. The number of carbonyl (C=O) groups excluding carboxylic acids is 1. The fourth-order valence-electron chi connectivity index (χ4n) is 2.22. The first-order chi connectivity index (χ1) is 11.4. The number of thiazole rings is 1. The molecule has 0 radical (unpaired) electrons. The van der Waals surface area contributed by atoms with Crippen LogP contribution in [0.25, 0.3) is 10.2 Å². The number of aromatic nitrogens is 1. The SMILES string of the molecule is Cn1c(=NC(=O)CS(=O)(=O)c2ccc(Cl)cc2)sc2ccccc21. The van der Waals surface area contributed by atoms with E-state index in [2.05, 4.69) is 4.99 Å². The van der Waals surface area contributed by atoms with Crippen molar-refractivity contribution in [2.24, 2.45) is 12.0 Å². The largest absolute Gasteiger partial charge is 0.319 e. The second-order valence-corrected chi connectivity index (χ2v) is 8.57. The third-order valence-electron chi connectivity index (χ3n) is 3.42. The third kappa shape index (κ3) is 3.43. The van der Waals surface area contributed by atoms with Gasteiger partial charge < -0.3 is 4.57 Å². The maximum atomic E-state index is 12.3. The molecule has 1 amide bonds. The number of benzene rings is 2. The van der Waals surface area contributed by atoms with Gasteiger partial charge in [0.2, 0.25) is 0 Å². The molecule has 0 aliphatic carbocycles. The van der Waals surface area contributed by atoms with Crippen LogP contribution in [0, 0.1) is 0 Å². The topological polar surface area (TPSA) is 68.5 Å². The molecule has 0 saturated heterocycles. The van der Waals surface area contributed by atoms with Gasteiger partial charge in [0, 0.05) is 12.1 Å². The van der Waals surface area contributed by atoms with Crippen molar-refractivity contribution >= 4 is 48.9 Å². The smallest absolute Gasteiger partial charge is 0.263 e. The lowest BCUT2D eigenvalue weighted by atomic mass is 10.3. The van der Waals surface area contributed by atoms with E-state index >= 15 is 0 Å². The number of carbonyl (C=O) groups is 1. The number of halogens is 1. The molecule has 5 nitrogen and oxygen atoms in total. The first-order valence-corrected chi connectivity index (χ1v) is 9.82. The minimum Gasteiger partial charge on any atom is -0.319 e. The van der Waals surface area contributed by atoms with E-state index in [1.165, 1.54) is 35.6 Å². The van der Waals surface area contributed by atoms with Gasteiger partial charge in [-0.15, -0.1) is 0 Å². The van der Waals surface area contributed by atoms with E-state index in [9.17, 15) is 13.2 Å². The summed E-state index contributed by atoms with van der Waals surface area (Å²) in [4.78, 5) is 16.6. The number of hydrogen-bond donors (Lipinski definition) is 0. The van der Waals surface area contributed by atoms with Crippen molar-refractivity contribution in [3.8, 4) is 0 Å². The van der Waals surface area contributed by atoms with Crippen molar-refractivity contribution in [1.82, 2.24) is 4.57 Å². The molecule has 0 fully saturated rings. The number of nitrogens with zero attached hydrogens (tertiary/aromatic N) is 2. The molecule has 1 aromatic heterocycles. The molecule has 0 N–H and O–H groups in total. The van der Waals surface area contributed by atoms with Gasteiger partial charge in [-0.1, -0.05) is 35.1 Å².